The van der Waals surface area contributed by atoms with E-state index in [4.69, 9.17) is 11.0 Å². The molecule has 5 nitrogen and oxygen atoms in total. The number of hydrogen-bond acceptors (Lipinski definition) is 4. The van der Waals surface area contributed by atoms with Gasteiger partial charge in [0.2, 0.25) is 0 Å². The van der Waals surface area contributed by atoms with Gasteiger partial charge in [-0.1, -0.05) is 15.9 Å². The predicted octanol–water partition coefficient (Wildman–Crippen LogP) is 3.64. The van der Waals surface area contributed by atoms with Crippen molar-refractivity contribution in [1.82, 2.24) is 4.57 Å². The number of aromatic nitrogens is 1. The van der Waals surface area contributed by atoms with Gasteiger partial charge in [0.15, 0.2) is 5.69 Å². The molecule has 2 rings (SSSR count). The molecule has 0 radical (unpaired) electrons. The van der Waals surface area contributed by atoms with E-state index in [2.05, 4.69) is 20.7 Å². The monoisotopic (exact) mass is 405 g/mol. The Morgan fingerprint density at radius 2 is 2.04 bits per heavy atom. The number of alkyl halides is 3. The molecule has 1 aromatic carbocycles. The molecule has 0 spiro atoms. The van der Waals surface area contributed by atoms with Crippen molar-refractivity contribution in [2.45, 2.75) is 6.18 Å². The van der Waals surface area contributed by atoms with Crippen LogP contribution in [0.5, 0.6) is 0 Å². The Morgan fingerprint density at radius 3 is 2.54 bits per heavy atom. The first-order chi connectivity index (χ1) is 11.1. The summed E-state index contributed by atoms with van der Waals surface area (Å²) in [6.45, 7) is 0. The van der Waals surface area contributed by atoms with E-state index in [-0.39, 0.29) is 10.0 Å². The fourth-order valence-corrected chi connectivity index (χ4v) is 2.55. The molecule has 2 N–H and O–H groups in total. The molecule has 0 aliphatic carbocycles. The Morgan fingerprint density at radius 1 is 1.42 bits per heavy atom. The number of rotatable bonds is 2. The molecule has 0 aliphatic heterocycles. The van der Waals surface area contributed by atoms with E-state index in [1.807, 2.05) is 0 Å². The molecule has 126 valence electrons. The van der Waals surface area contributed by atoms with Crippen molar-refractivity contribution in [3.63, 3.8) is 0 Å². The number of carbonyl (C=O) groups excluding carboxylic acids is 1. The molecule has 1 heterocycles. The first-order valence-corrected chi connectivity index (χ1v) is 6.97. The van der Waals surface area contributed by atoms with E-state index in [0.717, 1.165) is 19.4 Å². The SMILES string of the molecule is COC(=O)c1c(N)c(C#N)cn1-c1c(F)cc(Br)cc1C(F)(F)F. The predicted molar refractivity (Wildman–Crippen MR) is 78.9 cm³/mol. The molecule has 0 fully saturated rings. The summed E-state index contributed by atoms with van der Waals surface area (Å²) >= 11 is 2.79. The topological polar surface area (TPSA) is 81.0 Å². The van der Waals surface area contributed by atoms with E-state index in [1.165, 1.54) is 0 Å². The maximum Gasteiger partial charge on any atom is 0.418 e. The smallest absolute Gasteiger partial charge is 0.418 e. The zero-order chi connectivity index (χ0) is 18.2. The summed E-state index contributed by atoms with van der Waals surface area (Å²) in [5.41, 5.74) is 2.05. The highest BCUT2D eigenvalue weighted by Gasteiger charge is 2.37. The van der Waals surface area contributed by atoms with Crippen molar-refractivity contribution in [2.24, 2.45) is 0 Å². The van der Waals surface area contributed by atoms with Gasteiger partial charge in [0.25, 0.3) is 0 Å². The Bertz CT molecular complexity index is 868. The molecule has 0 bridgehead atoms. The normalized spacial score (nSPS) is 11.2. The van der Waals surface area contributed by atoms with Gasteiger partial charge in [-0.2, -0.15) is 18.4 Å². The van der Waals surface area contributed by atoms with Crippen LogP contribution in [-0.4, -0.2) is 17.6 Å². The van der Waals surface area contributed by atoms with Crippen LogP contribution in [0.25, 0.3) is 5.69 Å². The number of nitrogens with zero attached hydrogens (tertiary/aromatic N) is 2. The number of anilines is 1. The lowest BCUT2D eigenvalue weighted by Gasteiger charge is -2.17. The van der Waals surface area contributed by atoms with E-state index in [0.29, 0.717) is 10.6 Å². The molecule has 0 saturated carbocycles. The average molecular weight is 406 g/mol. The maximum atomic E-state index is 14.3. The molecular weight excluding hydrogens is 398 g/mol. The first kappa shape index (κ1) is 17.8. The van der Waals surface area contributed by atoms with E-state index < -0.39 is 40.6 Å². The lowest BCUT2D eigenvalue weighted by molar-refractivity contribution is -0.137. The molecule has 1 aromatic heterocycles. The van der Waals surface area contributed by atoms with Crippen LogP contribution in [0, 0.1) is 17.1 Å². The summed E-state index contributed by atoms with van der Waals surface area (Å²) in [5, 5.41) is 8.98. The number of halogens is 5. The minimum Gasteiger partial charge on any atom is -0.464 e. The van der Waals surface area contributed by atoms with Gasteiger partial charge in [-0.05, 0) is 12.1 Å². The van der Waals surface area contributed by atoms with Gasteiger partial charge in [0.1, 0.15) is 11.9 Å². The Hall–Kier alpha value is -2.54. The van der Waals surface area contributed by atoms with Crippen LogP contribution < -0.4 is 5.73 Å². The van der Waals surface area contributed by atoms with Gasteiger partial charge in [0, 0.05) is 10.7 Å². The average Bonchev–Trinajstić information content (AvgIpc) is 2.81. The molecular formula is C14H8BrF4N3O2. The number of ether oxygens (including phenoxy) is 1. The summed E-state index contributed by atoms with van der Waals surface area (Å²) in [4.78, 5) is 11.9. The molecule has 0 amide bonds. The summed E-state index contributed by atoms with van der Waals surface area (Å²) < 4.78 is 59.0. The molecule has 2 aromatic rings. The third-order valence-corrected chi connectivity index (χ3v) is 3.58. The fraction of sp³-hybridized carbons (Fsp3) is 0.143. The molecule has 0 aliphatic rings. The number of hydrogen-bond donors (Lipinski definition) is 1. The third kappa shape index (κ3) is 2.94. The van der Waals surface area contributed by atoms with Gasteiger partial charge in [-0.3, -0.25) is 0 Å². The maximum absolute atomic E-state index is 14.3. The Balaban J connectivity index is 2.93. The van der Waals surface area contributed by atoms with Gasteiger partial charge in [-0.15, -0.1) is 0 Å². The summed E-state index contributed by atoms with van der Waals surface area (Å²) in [6, 6.07) is 3.08. The first-order valence-electron chi connectivity index (χ1n) is 6.17. The molecule has 24 heavy (non-hydrogen) atoms. The lowest BCUT2D eigenvalue weighted by Crippen LogP contribution is -2.17. The number of benzene rings is 1. The van der Waals surface area contributed by atoms with Crippen LogP contribution in [0.3, 0.4) is 0 Å². The quantitative estimate of drug-likeness (QED) is 0.610. The number of methoxy groups -OCH3 is 1. The second kappa shape index (κ2) is 6.16. The van der Waals surface area contributed by atoms with Crippen LogP contribution in [-0.2, 0) is 10.9 Å². The molecule has 0 unspecified atom stereocenters. The Labute approximate surface area is 141 Å². The van der Waals surface area contributed by atoms with Crippen LogP contribution in [0.1, 0.15) is 21.6 Å². The highest BCUT2D eigenvalue weighted by Crippen LogP contribution is 2.39. The van der Waals surface area contributed by atoms with Crippen molar-refractivity contribution < 1.29 is 27.1 Å². The second-order valence-corrected chi connectivity index (χ2v) is 5.48. The van der Waals surface area contributed by atoms with Gasteiger partial charge < -0.3 is 15.0 Å². The van der Waals surface area contributed by atoms with Crippen molar-refractivity contribution in [1.29, 1.82) is 5.26 Å². The largest absolute Gasteiger partial charge is 0.464 e. The number of nitrogens with two attached hydrogens (primary N) is 1. The second-order valence-electron chi connectivity index (χ2n) is 4.56. The molecule has 10 heteroatoms. The minimum atomic E-state index is -4.92. The van der Waals surface area contributed by atoms with Gasteiger partial charge in [-0.25, -0.2) is 9.18 Å². The highest BCUT2D eigenvalue weighted by molar-refractivity contribution is 9.10. The van der Waals surface area contributed by atoms with Crippen molar-refractivity contribution in [3.8, 4) is 11.8 Å². The minimum absolute atomic E-state index is 0.142. The van der Waals surface area contributed by atoms with E-state index >= 15 is 0 Å². The van der Waals surface area contributed by atoms with E-state index in [1.54, 1.807) is 6.07 Å². The van der Waals surface area contributed by atoms with Crippen LogP contribution in [0.2, 0.25) is 0 Å². The van der Waals surface area contributed by atoms with Crippen molar-refractivity contribution >= 4 is 27.6 Å². The standard InChI is InChI=1S/C14H8BrF4N3O2/c1-24-13(23)12-10(21)6(4-20)5-22(12)11-8(14(17,18)19)2-7(15)3-9(11)16/h2-3,5H,21H2,1H3. The fourth-order valence-electron chi connectivity index (χ4n) is 2.12. The third-order valence-electron chi connectivity index (χ3n) is 3.12. The van der Waals surface area contributed by atoms with Gasteiger partial charge >= 0.3 is 12.1 Å². The van der Waals surface area contributed by atoms with Crippen molar-refractivity contribution in [3.05, 3.63) is 45.4 Å². The van der Waals surface area contributed by atoms with Gasteiger partial charge in [0.05, 0.1) is 29.6 Å². The van der Waals surface area contributed by atoms with E-state index in [9.17, 15) is 22.4 Å². The van der Waals surface area contributed by atoms with Crippen LogP contribution >= 0.6 is 15.9 Å². The lowest BCUT2D eigenvalue weighted by atomic mass is 10.1. The Kier molecular flexibility index (Phi) is 4.57. The van der Waals surface area contributed by atoms with Crippen molar-refractivity contribution in [2.75, 3.05) is 12.8 Å². The number of carbonyl (C=O) groups is 1. The molecule has 0 saturated heterocycles. The molecule has 0 atom stereocenters. The summed E-state index contributed by atoms with van der Waals surface area (Å²) in [6.07, 6.45) is -4.07. The zero-order valence-corrected chi connectivity index (χ0v) is 13.5. The number of esters is 1. The summed E-state index contributed by atoms with van der Waals surface area (Å²) in [5.74, 6) is -2.37. The number of nitrogen functional groups attached to an aromatic ring is 1. The summed E-state index contributed by atoms with van der Waals surface area (Å²) in [7, 11) is 0.980. The zero-order valence-electron chi connectivity index (χ0n) is 11.9. The number of nitriles is 1. The van der Waals surface area contributed by atoms with Crippen LogP contribution in [0.15, 0.2) is 22.8 Å². The highest BCUT2D eigenvalue weighted by atomic mass is 79.9. The van der Waals surface area contributed by atoms with Crippen LogP contribution in [0.4, 0.5) is 23.2 Å².